The fourth-order valence-electron chi connectivity index (χ4n) is 2.51. The molecule has 0 aliphatic heterocycles. The van der Waals surface area contributed by atoms with Crippen molar-refractivity contribution in [2.45, 2.75) is 4.90 Å². The zero-order valence-corrected chi connectivity index (χ0v) is 15.7. The maximum absolute atomic E-state index is 12.7. The molecule has 2 amide bonds. The zero-order valence-electron chi connectivity index (χ0n) is 14.9. The number of benzene rings is 2. The van der Waals surface area contributed by atoms with Gasteiger partial charge in [-0.3, -0.25) is 9.59 Å². The average Bonchev–Trinajstić information content (AvgIpc) is 3.22. The van der Waals surface area contributed by atoms with Crippen molar-refractivity contribution in [3.63, 3.8) is 0 Å². The lowest BCUT2D eigenvalue weighted by Crippen LogP contribution is -2.35. The fraction of sp³-hybridized carbons (Fsp3) is 0.167. The van der Waals surface area contributed by atoms with Gasteiger partial charge in [0, 0.05) is 17.5 Å². The number of hydrogen-bond donors (Lipinski definition) is 1. The van der Waals surface area contributed by atoms with Crippen molar-refractivity contribution in [1.82, 2.24) is 25.1 Å². The lowest BCUT2D eigenvalue weighted by Gasteiger charge is -2.18. The van der Waals surface area contributed by atoms with Gasteiger partial charge in [-0.2, -0.15) is 0 Å². The molecule has 1 aromatic heterocycles. The van der Waals surface area contributed by atoms with Crippen molar-refractivity contribution in [2.24, 2.45) is 0 Å². The number of likely N-dealkylation sites (N-methyl/N-ethyl adjacent to an activating group) is 1. The number of para-hydroxylation sites is 1. The maximum Gasteiger partial charge on any atom is 0.254 e. The largest absolute Gasteiger partial charge is 0.332 e. The molecule has 3 rings (SSSR count). The van der Waals surface area contributed by atoms with Crippen LogP contribution in [0.1, 0.15) is 10.4 Å². The minimum atomic E-state index is -0.266. The van der Waals surface area contributed by atoms with Gasteiger partial charge in [0.05, 0.1) is 17.9 Å². The topological polar surface area (TPSA) is 93.0 Å². The van der Waals surface area contributed by atoms with E-state index in [0.717, 1.165) is 10.6 Å². The van der Waals surface area contributed by atoms with Gasteiger partial charge in [0.1, 0.15) is 6.33 Å². The Balaban J connectivity index is 1.67. The van der Waals surface area contributed by atoms with Crippen LogP contribution < -0.4 is 5.32 Å². The molecule has 0 saturated carbocycles. The molecule has 27 heavy (non-hydrogen) atoms. The number of nitrogens with one attached hydrogen (secondary N) is 1. The van der Waals surface area contributed by atoms with Crippen LogP contribution in [-0.2, 0) is 4.79 Å². The van der Waals surface area contributed by atoms with E-state index in [-0.39, 0.29) is 18.4 Å². The highest BCUT2D eigenvalue weighted by molar-refractivity contribution is 7.98. The number of amides is 2. The monoisotopic (exact) mass is 382 g/mol. The number of tetrazole rings is 1. The number of hydrogen-bond acceptors (Lipinski definition) is 6. The maximum atomic E-state index is 12.7. The minimum absolute atomic E-state index is 0.0589. The van der Waals surface area contributed by atoms with Crippen LogP contribution in [0.5, 0.6) is 0 Å². The van der Waals surface area contributed by atoms with E-state index in [1.807, 2.05) is 30.5 Å². The third-order valence-electron chi connectivity index (χ3n) is 3.82. The first-order valence-corrected chi connectivity index (χ1v) is 9.32. The van der Waals surface area contributed by atoms with E-state index in [1.54, 1.807) is 43.1 Å². The first kappa shape index (κ1) is 18.6. The van der Waals surface area contributed by atoms with Gasteiger partial charge in [0.15, 0.2) is 0 Å². The average molecular weight is 382 g/mol. The summed E-state index contributed by atoms with van der Waals surface area (Å²) in [5.41, 5.74) is 1.84. The van der Waals surface area contributed by atoms with Gasteiger partial charge >= 0.3 is 0 Å². The molecule has 1 N–H and O–H groups in total. The van der Waals surface area contributed by atoms with Crippen LogP contribution in [0, 0.1) is 0 Å². The molecule has 0 fully saturated rings. The van der Waals surface area contributed by atoms with Gasteiger partial charge in [-0.05, 0) is 47.0 Å². The Hall–Kier alpha value is -3.20. The second-order valence-electron chi connectivity index (χ2n) is 5.71. The smallest absolute Gasteiger partial charge is 0.254 e. The number of carbonyl (C=O) groups is 2. The number of anilines is 1. The summed E-state index contributed by atoms with van der Waals surface area (Å²) in [6.07, 6.45) is 3.39. The van der Waals surface area contributed by atoms with Crippen molar-refractivity contribution in [2.75, 3.05) is 25.2 Å². The Labute approximate surface area is 160 Å². The van der Waals surface area contributed by atoms with E-state index in [2.05, 4.69) is 20.8 Å². The molecule has 8 nitrogen and oxygen atoms in total. The van der Waals surface area contributed by atoms with Crippen LogP contribution in [-0.4, -0.2) is 56.8 Å². The normalized spacial score (nSPS) is 10.4. The van der Waals surface area contributed by atoms with Crippen LogP contribution in [0.3, 0.4) is 0 Å². The first-order chi connectivity index (χ1) is 13.1. The molecule has 0 bridgehead atoms. The standard InChI is InChI=1S/C18H18N6O2S/c1-23(11-17(25)20-15-8-3-4-9-16(15)27-2)18(26)13-6-5-7-14(10-13)24-12-19-21-22-24/h3-10,12H,11H2,1-2H3,(H,20,25). The van der Waals surface area contributed by atoms with Crippen molar-refractivity contribution in [1.29, 1.82) is 0 Å². The van der Waals surface area contributed by atoms with Gasteiger partial charge in [0.2, 0.25) is 5.91 Å². The summed E-state index contributed by atoms with van der Waals surface area (Å²) in [5.74, 6) is -0.526. The van der Waals surface area contributed by atoms with Crippen LogP contribution >= 0.6 is 11.8 Å². The molecule has 0 unspecified atom stereocenters. The molecule has 138 valence electrons. The van der Waals surface area contributed by atoms with Gasteiger partial charge in [-0.25, -0.2) is 4.68 Å². The molecule has 2 aromatic carbocycles. The van der Waals surface area contributed by atoms with Crippen molar-refractivity contribution >= 4 is 29.3 Å². The molecule has 0 aliphatic rings. The lowest BCUT2D eigenvalue weighted by molar-refractivity contribution is -0.116. The highest BCUT2D eigenvalue weighted by Gasteiger charge is 2.16. The van der Waals surface area contributed by atoms with Crippen LogP contribution in [0.15, 0.2) is 59.8 Å². The summed E-state index contributed by atoms with van der Waals surface area (Å²) in [6, 6.07) is 14.4. The summed E-state index contributed by atoms with van der Waals surface area (Å²) in [4.78, 5) is 27.3. The molecule has 9 heteroatoms. The van der Waals surface area contributed by atoms with Crippen LogP contribution in [0.4, 0.5) is 5.69 Å². The molecular formula is C18H18N6O2S. The molecule has 0 atom stereocenters. The molecule has 1 heterocycles. The van der Waals surface area contributed by atoms with E-state index in [0.29, 0.717) is 11.3 Å². The number of rotatable bonds is 6. The number of nitrogens with zero attached hydrogens (tertiary/aromatic N) is 5. The third-order valence-corrected chi connectivity index (χ3v) is 4.61. The Morgan fingerprint density at radius 3 is 2.74 bits per heavy atom. The molecule has 0 saturated heterocycles. The summed E-state index contributed by atoms with van der Waals surface area (Å²) < 4.78 is 1.46. The van der Waals surface area contributed by atoms with Crippen molar-refractivity contribution in [3.05, 3.63) is 60.4 Å². The predicted octanol–water partition coefficient (Wildman–Crippen LogP) is 2.09. The quantitative estimate of drug-likeness (QED) is 0.656. The summed E-state index contributed by atoms with van der Waals surface area (Å²) >= 11 is 1.55. The lowest BCUT2D eigenvalue weighted by atomic mass is 10.2. The van der Waals surface area contributed by atoms with E-state index in [9.17, 15) is 9.59 Å². The first-order valence-electron chi connectivity index (χ1n) is 8.10. The van der Waals surface area contributed by atoms with E-state index in [1.165, 1.54) is 15.9 Å². The Morgan fingerprint density at radius 2 is 2.00 bits per heavy atom. The highest BCUT2D eigenvalue weighted by atomic mass is 32.2. The Kier molecular flexibility index (Phi) is 5.82. The van der Waals surface area contributed by atoms with Gasteiger partial charge in [-0.1, -0.05) is 18.2 Å². The Morgan fingerprint density at radius 1 is 1.19 bits per heavy atom. The summed E-state index contributed by atoms with van der Waals surface area (Å²) in [6.45, 7) is -0.0589. The van der Waals surface area contributed by atoms with Crippen LogP contribution in [0.25, 0.3) is 5.69 Å². The third kappa shape index (κ3) is 4.50. The van der Waals surface area contributed by atoms with Crippen molar-refractivity contribution in [3.8, 4) is 5.69 Å². The van der Waals surface area contributed by atoms with Gasteiger partial charge in [-0.15, -0.1) is 16.9 Å². The molecule has 0 aliphatic carbocycles. The molecule has 0 radical (unpaired) electrons. The molecule has 3 aromatic rings. The Bertz CT molecular complexity index is 945. The van der Waals surface area contributed by atoms with Gasteiger partial charge in [0.25, 0.3) is 5.91 Å². The number of carbonyl (C=O) groups excluding carboxylic acids is 2. The fourth-order valence-corrected chi connectivity index (χ4v) is 3.06. The SMILES string of the molecule is CSc1ccccc1NC(=O)CN(C)C(=O)c1cccc(-n2cnnn2)c1. The van der Waals surface area contributed by atoms with Crippen molar-refractivity contribution < 1.29 is 9.59 Å². The number of thioether (sulfide) groups is 1. The van der Waals surface area contributed by atoms with Gasteiger partial charge < -0.3 is 10.2 Å². The van der Waals surface area contributed by atoms with E-state index < -0.39 is 0 Å². The second kappa shape index (κ2) is 8.45. The second-order valence-corrected chi connectivity index (χ2v) is 6.56. The van der Waals surface area contributed by atoms with Crippen LogP contribution in [0.2, 0.25) is 0 Å². The number of aromatic nitrogens is 4. The summed E-state index contributed by atoms with van der Waals surface area (Å²) in [7, 11) is 1.59. The molecular weight excluding hydrogens is 364 g/mol. The minimum Gasteiger partial charge on any atom is -0.332 e. The highest BCUT2D eigenvalue weighted by Crippen LogP contribution is 2.24. The summed E-state index contributed by atoms with van der Waals surface area (Å²) in [5, 5.41) is 13.8. The predicted molar refractivity (Wildman–Crippen MR) is 103 cm³/mol. The zero-order chi connectivity index (χ0) is 19.2. The molecule has 0 spiro atoms. The van der Waals surface area contributed by atoms with E-state index >= 15 is 0 Å². The van der Waals surface area contributed by atoms with E-state index in [4.69, 9.17) is 0 Å².